The van der Waals surface area contributed by atoms with Gasteiger partial charge in [0, 0.05) is 49.3 Å². The molecule has 1 aromatic heterocycles. The molecule has 4 heteroatoms. The molecule has 1 fully saturated rings. The molecule has 2 N–H and O–H groups in total. The first-order valence-electron chi connectivity index (χ1n) is 5.95. The van der Waals surface area contributed by atoms with Crippen LogP contribution in [0.3, 0.4) is 0 Å². The van der Waals surface area contributed by atoms with Crippen LogP contribution >= 0.6 is 0 Å². The highest BCUT2D eigenvalue weighted by molar-refractivity contribution is 5.53. The molecule has 4 nitrogen and oxygen atoms in total. The topological polar surface area (TPSA) is 46.2 Å². The van der Waals surface area contributed by atoms with E-state index in [1.54, 1.807) is 0 Å². The lowest BCUT2D eigenvalue weighted by molar-refractivity contribution is 0.195. The summed E-state index contributed by atoms with van der Waals surface area (Å²) in [4.78, 5) is 4.44. The Bertz CT molecular complexity index is 375. The summed E-state index contributed by atoms with van der Waals surface area (Å²) in [5.74, 6) is 0. The van der Waals surface area contributed by atoms with E-state index in [1.165, 1.54) is 16.9 Å². The summed E-state index contributed by atoms with van der Waals surface area (Å²) in [6, 6.07) is 2.54. The summed E-state index contributed by atoms with van der Waals surface area (Å²) >= 11 is 0. The first-order valence-corrected chi connectivity index (χ1v) is 5.95. The first-order chi connectivity index (χ1) is 7.93. The number of anilines is 1. The summed E-state index contributed by atoms with van der Waals surface area (Å²) in [5.41, 5.74) is 3.80. The van der Waals surface area contributed by atoms with Crippen LogP contribution in [0.5, 0.6) is 0 Å². The number of nitrogens with one attached hydrogen (secondary N) is 2. The van der Waals surface area contributed by atoms with Crippen molar-refractivity contribution in [3.8, 4) is 0 Å². The smallest absolute Gasteiger partial charge is 0.0668 e. The molecule has 3 rings (SSSR count). The molecule has 2 aliphatic rings. The largest absolute Gasteiger partial charge is 0.380 e. The van der Waals surface area contributed by atoms with Crippen molar-refractivity contribution in [1.29, 1.82) is 0 Å². The Labute approximate surface area is 95.4 Å². The fraction of sp³-hybridized carbons (Fsp3) is 0.583. The van der Waals surface area contributed by atoms with E-state index in [-0.39, 0.29) is 0 Å². The van der Waals surface area contributed by atoms with Gasteiger partial charge in [-0.05, 0) is 12.5 Å². The fourth-order valence-corrected chi connectivity index (χ4v) is 2.37. The number of fused-ring (bicyclic) bond motifs is 1. The highest BCUT2D eigenvalue weighted by atomic mass is 16.5. The zero-order valence-corrected chi connectivity index (χ0v) is 9.33. The Morgan fingerprint density at radius 1 is 1.50 bits per heavy atom. The van der Waals surface area contributed by atoms with Crippen LogP contribution in [0.4, 0.5) is 5.69 Å². The van der Waals surface area contributed by atoms with Crippen LogP contribution in [0.15, 0.2) is 12.3 Å². The predicted octanol–water partition coefficient (Wildman–Crippen LogP) is 0.928. The van der Waals surface area contributed by atoms with Crippen LogP contribution < -0.4 is 10.6 Å². The molecule has 0 saturated carbocycles. The van der Waals surface area contributed by atoms with Crippen LogP contribution in [0.2, 0.25) is 0 Å². The Hall–Kier alpha value is -1.13. The fourth-order valence-electron chi connectivity index (χ4n) is 2.37. The van der Waals surface area contributed by atoms with Gasteiger partial charge in [-0.1, -0.05) is 0 Å². The average molecular weight is 219 g/mol. The van der Waals surface area contributed by atoms with E-state index in [1.807, 2.05) is 6.20 Å². The van der Waals surface area contributed by atoms with E-state index in [9.17, 15) is 0 Å². The zero-order valence-electron chi connectivity index (χ0n) is 9.33. The summed E-state index contributed by atoms with van der Waals surface area (Å²) < 4.78 is 5.38. The highest BCUT2D eigenvalue weighted by Gasteiger charge is 2.19. The molecule has 0 bridgehead atoms. The molecular formula is C12H17N3O. The molecule has 1 aromatic rings. The van der Waals surface area contributed by atoms with Crippen LogP contribution in [0.25, 0.3) is 0 Å². The number of pyridine rings is 1. The van der Waals surface area contributed by atoms with Gasteiger partial charge in [0.15, 0.2) is 0 Å². The number of ether oxygens (including phenoxy) is 1. The van der Waals surface area contributed by atoms with E-state index in [0.717, 1.165) is 39.1 Å². The standard InChI is InChI=1S/C12H17N3O/c1-4-13-7-10-11(1)14-5-2-12(10)15-9-3-6-16-8-9/h2,5,9,13H,1,3-4,6-8H2,(H,14,15). The Kier molecular flexibility index (Phi) is 2.76. The molecule has 3 heterocycles. The second kappa shape index (κ2) is 4.39. The van der Waals surface area contributed by atoms with E-state index in [4.69, 9.17) is 4.74 Å². The van der Waals surface area contributed by atoms with Gasteiger partial charge in [0.1, 0.15) is 0 Å². The molecule has 0 amide bonds. The second-order valence-corrected chi connectivity index (χ2v) is 4.42. The van der Waals surface area contributed by atoms with E-state index in [2.05, 4.69) is 21.7 Å². The SMILES string of the molecule is c1cc(NC2CCOC2)c2c(n1)CCNC2. The van der Waals surface area contributed by atoms with Crippen LogP contribution in [0.1, 0.15) is 17.7 Å². The van der Waals surface area contributed by atoms with Crippen LogP contribution in [-0.2, 0) is 17.7 Å². The van der Waals surface area contributed by atoms with Crippen molar-refractivity contribution in [3.05, 3.63) is 23.5 Å². The minimum absolute atomic E-state index is 0.466. The summed E-state index contributed by atoms with van der Waals surface area (Å²) in [6.45, 7) is 3.67. The zero-order chi connectivity index (χ0) is 10.8. The van der Waals surface area contributed by atoms with Gasteiger partial charge in [-0.3, -0.25) is 4.98 Å². The molecule has 0 aliphatic carbocycles. The normalized spacial score (nSPS) is 24.1. The number of hydrogen-bond donors (Lipinski definition) is 2. The lowest BCUT2D eigenvalue weighted by atomic mass is 10.0. The number of aromatic nitrogens is 1. The molecule has 16 heavy (non-hydrogen) atoms. The number of rotatable bonds is 2. The highest BCUT2D eigenvalue weighted by Crippen LogP contribution is 2.23. The number of nitrogens with zero attached hydrogens (tertiary/aromatic N) is 1. The average Bonchev–Trinajstić information content (AvgIpc) is 2.82. The number of hydrogen-bond acceptors (Lipinski definition) is 4. The third-order valence-electron chi connectivity index (χ3n) is 3.27. The molecule has 0 radical (unpaired) electrons. The van der Waals surface area contributed by atoms with Gasteiger partial charge in [-0.2, -0.15) is 0 Å². The minimum Gasteiger partial charge on any atom is -0.380 e. The van der Waals surface area contributed by atoms with E-state index in [0.29, 0.717) is 6.04 Å². The van der Waals surface area contributed by atoms with E-state index < -0.39 is 0 Å². The molecule has 0 aromatic carbocycles. The first kappa shape index (κ1) is 10.1. The van der Waals surface area contributed by atoms with Crippen molar-refractivity contribution in [3.63, 3.8) is 0 Å². The Balaban J connectivity index is 1.82. The molecular weight excluding hydrogens is 202 g/mol. The van der Waals surface area contributed by atoms with Gasteiger partial charge in [0.25, 0.3) is 0 Å². The maximum Gasteiger partial charge on any atom is 0.0668 e. The molecule has 86 valence electrons. The van der Waals surface area contributed by atoms with Gasteiger partial charge in [-0.25, -0.2) is 0 Å². The molecule has 1 atom stereocenters. The van der Waals surface area contributed by atoms with Gasteiger partial charge in [0.2, 0.25) is 0 Å². The van der Waals surface area contributed by atoms with Gasteiger partial charge in [-0.15, -0.1) is 0 Å². The van der Waals surface area contributed by atoms with Crippen molar-refractivity contribution in [2.45, 2.75) is 25.4 Å². The van der Waals surface area contributed by atoms with Gasteiger partial charge < -0.3 is 15.4 Å². The molecule has 1 saturated heterocycles. The molecule has 2 aliphatic heterocycles. The van der Waals surface area contributed by atoms with Gasteiger partial charge in [0.05, 0.1) is 12.6 Å². The lowest BCUT2D eigenvalue weighted by Crippen LogP contribution is -2.27. The van der Waals surface area contributed by atoms with Crippen LogP contribution in [0, 0.1) is 0 Å². The van der Waals surface area contributed by atoms with Crippen molar-refractivity contribution in [1.82, 2.24) is 10.3 Å². The quantitative estimate of drug-likeness (QED) is 0.776. The monoisotopic (exact) mass is 219 g/mol. The third-order valence-corrected chi connectivity index (χ3v) is 3.27. The van der Waals surface area contributed by atoms with Crippen molar-refractivity contribution >= 4 is 5.69 Å². The maximum atomic E-state index is 5.38. The lowest BCUT2D eigenvalue weighted by Gasteiger charge is -2.22. The Morgan fingerprint density at radius 3 is 3.38 bits per heavy atom. The van der Waals surface area contributed by atoms with E-state index >= 15 is 0 Å². The Morgan fingerprint density at radius 2 is 2.50 bits per heavy atom. The molecule has 0 spiro atoms. The van der Waals surface area contributed by atoms with Crippen molar-refractivity contribution in [2.24, 2.45) is 0 Å². The second-order valence-electron chi connectivity index (χ2n) is 4.42. The maximum absolute atomic E-state index is 5.38. The molecule has 1 unspecified atom stereocenters. The summed E-state index contributed by atoms with van der Waals surface area (Å²) in [6.07, 6.45) is 4.04. The summed E-state index contributed by atoms with van der Waals surface area (Å²) in [5, 5.41) is 6.96. The minimum atomic E-state index is 0.466. The van der Waals surface area contributed by atoms with Gasteiger partial charge >= 0.3 is 0 Å². The van der Waals surface area contributed by atoms with Crippen LogP contribution in [-0.4, -0.2) is 30.8 Å². The summed E-state index contributed by atoms with van der Waals surface area (Å²) in [7, 11) is 0. The van der Waals surface area contributed by atoms with Crippen molar-refractivity contribution in [2.75, 3.05) is 25.1 Å². The van der Waals surface area contributed by atoms with Crippen molar-refractivity contribution < 1.29 is 4.74 Å². The predicted molar refractivity (Wildman–Crippen MR) is 62.5 cm³/mol. The third kappa shape index (κ3) is 1.90.